The summed E-state index contributed by atoms with van der Waals surface area (Å²) in [6.07, 6.45) is 1.14. The standard InChI is InChI=1S/C29H29NO4S/c31-29(25-12-16-35-20-25)33-15-14-32-26-9-7-23(8-10-26)27-11-13-30-18-28(27)34-19-21-5-6-22-3-1-2-4-24(22)17-21/h1-10,12,16-17,20,27-28,30H,11,13-15,18-19H2. The molecule has 2 atom stereocenters. The molecule has 2 heterocycles. The van der Waals surface area contributed by atoms with Crippen molar-refractivity contribution in [1.82, 2.24) is 5.32 Å². The summed E-state index contributed by atoms with van der Waals surface area (Å²) in [5.41, 5.74) is 3.03. The van der Waals surface area contributed by atoms with Gasteiger partial charge in [-0.25, -0.2) is 4.79 Å². The van der Waals surface area contributed by atoms with E-state index in [0.717, 1.165) is 25.3 Å². The molecule has 1 aliphatic rings. The van der Waals surface area contributed by atoms with Gasteiger partial charge in [0, 0.05) is 17.8 Å². The molecule has 1 aromatic heterocycles. The molecule has 2 unspecified atom stereocenters. The zero-order valence-corrected chi connectivity index (χ0v) is 20.3. The summed E-state index contributed by atoms with van der Waals surface area (Å²) in [4.78, 5) is 11.9. The van der Waals surface area contributed by atoms with Gasteiger partial charge in [-0.1, -0.05) is 48.5 Å². The number of hydrogen-bond acceptors (Lipinski definition) is 6. The van der Waals surface area contributed by atoms with Gasteiger partial charge in [0.2, 0.25) is 0 Å². The minimum absolute atomic E-state index is 0.110. The first-order chi connectivity index (χ1) is 17.3. The molecule has 3 aromatic carbocycles. The number of hydrogen-bond donors (Lipinski definition) is 1. The molecule has 4 aromatic rings. The van der Waals surface area contributed by atoms with Crippen molar-refractivity contribution >= 4 is 28.1 Å². The highest BCUT2D eigenvalue weighted by Crippen LogP contribution is 2.30. The lowest BCUT2D eigenvalue weighted by Crippen LogP contribution is -2.40. The smallest absolute Gasteiger partial charge is 0.339 e. The number of fused-ring (bicyclic) bond motifs is 1. The molecule has 0 spiro atoms. The van der Waals surface area contributed by atoms with Gasteiger partial charge < -0.3 is 19.5 Å². The lowest BCUT2D eigenvalue weighted by atomic mass is 9.87. The topological polar surface area (TPSA) is 56.8 Å². The van der Waals surface area contributed by atoms with E-state index in [9.17, 15) is 4.79 Å². The Balaban J connectivity index is 1.13. The van der Waals surface area contributed by atoms with Crippen LogP contribution < -0.4 is 10.1 Å². The summed E-state index contributed by atoms with van der Waals surface area (Å²) >= 11 is 1.47. The highest BCUT2D eigenvalue weighted by molar-refractivity contribution is 7.08. The minimum atomic E-state index is -0.314. The maximum atomic E-state index is 11.9. The third-order valence-electron chi connectivity index (χ3n) is 6.35. The van der Waals surface area contributed by atoms with Gasteiger partial charge in [-0.05, 0) is 64.5 Å². The molecule has 1 fully saturated rings. The number of benzene rings is 3. The molecule has 180 valence electrons. The van der Waals surface area contributed by atoms with E-state index in [0.29, 0.717) is 24.7 Å². The quantitative estimate of drug-likeness (QED) is 0.239. The van der Waals surface area contributed by atoms with Crippen LogP contribution in [0.3, 0.4) is 0 Å². The van der Waals surface area contributed by atoms with Gasteiger partial charge in [-0.3, -0.25) is 0 Å². The van der Waals surface area contributed by atoms with E-state index in [-0.39, 0.29) is 18.7 Å². The number of carbonyl (C=O) groups is 1. The zero-order valence-electron chi connectivity index (χ0n) is 19.5. The van der Waals surface area contributed by atoms with Crippen molar-refractivity contribution in [3.8, 4) is 5.75 Å². The maximum absolute atomic E-state index is 11.9. The highest BCUT2D eigenvalue weighted by Gasteiger charge is 2.27. The third-order valence-corrected chi connectivity index (χ3v) is 7.04. The summed E-state index contributed by atoms with van der Waals surface area (Å²) in [6.45, 7) is 2.95. The zero-order chi connectivity index (χ0) is 23.9. The average Bonchev–Trinajstić information content (AvgIpc) is 3.46. The van der Waals surface area contributed by atoms with Crippen LogP contribution in [0.25, 0.3) is 10.8 Å². The van der Waals surface area contributed by atoms with Gasteiger partial charge in [0.05, 0.1) is 18.3 Å². The second-order valence-electron chi connectivity index (χ2n) is 8.70. The third kappa shape index (κ3) is 6.09. The minimum Gasteiger partial charge on any atom is -0.490 e. The summed E-state index contributed by atoms with van der Waals surface area (Å²) < 4.78 is 17.4. The molecule has 1 aliphatic heterocycles. The van der Waals surface area contributed by atoms with Gasteiger partial charge >= 0.3 is 5.97 Å². The van der Waals surface area contributed by atoms with Crippen LogP contribution in [0.2, 0.25) is 0 Å². The average molecular weight is 488 g/mol. The van der Waals surface area contributed by atoms with E-state index in [2.05, 4.69) is 59.9 Å². The Morgan fingerprint density at radius 2 is 1.83 bits per heavy atom. The van der Waals surface area contributed by atoms with Crippen LogP contribution in [-0.4, -0.2) is 38.4 Å². The van der Waals surface area contributed by atoms with Crippen molar-refractivity contribution in [1.29, 1.82) is 0 Å². The normalized spacial score (nSPS) is 17.8. The van der Waals surface area contributed by atoms with Crippen molar-refractivity contribution in [2.24, 2.45) is 0 Å². The largest absolute Gasteiger partial charge is 0.490 e. The summed E-state index contributed by atoms with van der Waals surface area (Å²) in [5.74, 6) is 0.783. The van der Waals surface area contributed by atoms with E-state index in [1.165, 1.54) is 33.2 Å². The monoisotopic (exact) mass is 487 g/mol. The molecule has 1 N–H and O–H groups in total. The Bertz CT molecular complexity index is 1240. The number of carbonyl (C=O) groups excluding carboxylic acids is 1. The Labute approximate surface area is 209 Å². The molecule has 6 heteroatoms. The fourth-order valence-corrected chi connectivity index (χ4v) is 5.11. The summed E-state index contributed by atoms with van der Waals surface area (Å²) in [6, 6.07) is 24.9. The van der Waals surface area contributed by atoms with Crippen molar-refractivity contribution in [2.75, 3.05) is 26.3 Å². The molecule has 35 heavy (non-hydrogen) atoms. The number of nitrogens with one attached hydrogen (secondary N) is 1. The van der Waals surface area contributed by atoms with Gasteiger partial charge in [-0.15, -0.1) is 0 Å². The fraction of sp³-hybridized carbons (Fsp3) is 0.276. The van der Waals surface area contributed by atoms with Crippen LogP contribution in [0.1, 0.15) is 33.8 Å². The van der Waals surface area contributed by atoms with Crippen molar-refractivity contribution in [3.05, 3.63) is 100 Å². The summed E-state index contributed by atoms with van der Waals surface area (Å²) in [7, 11) is 0. The molecule has 0 radical (unpaired) electrons. The molecule has 0 amide bonds. The number of thiophene rings is 1. The summed E-state index contributed by atoms with van der Waals surface area (Å²) in [5, 5.41) is 9.60. The van der Waals surface area contributed by atoms with Crippen molar-refractivity contribution in [2.45, 2.75) is 25.0 Å². The van der Waals surface area contributed by atoms with E-state index in [1.54, 1.807) is 11.4 Å². The molecule has 0 saturated carbocycles. The number of rotatable bonds is 9. The van der Waals surface area contributed by atoms with Gasteiger partial charge in [0.25, 0.3) is 0 Å². The molecule has 1 saturated heterocycles. The van der Waals surface area contributed by atoms with Crippen LogP contribution in [0.5, 0.6) is 5.75 Å². The van der Waals surface area contributed by atoms with Gasteiger partial charge in [0.15, 0.2) is 0 Å². The second-order valence-corrected chi connectivity index (χ2v) is 9.48. The van der Waals surface area contributed by atoms with E-state index in [1.807, 2.05) is 17.5 Å². The lowest BCUT2D eigenvalue weighted by molar-refractivity contribution is 0.0106. The first-order valence-electron chi connectivity index (χ1n) is 12.0. The predicted molar refractivity (Wildman–Crippen MR) is 139 cm³/mol. The van der Waals surface area contributed by atoms with Crippen molar-refractivity contribution in [3.63, 3.8) is 0 Å². The van der Waals surface area contributed by atoms with Crippen LogP contribution in [0.4, 0.5) is 0 Å². The lowest BCUT2D eigenvalue weighted by Gasteiger charge is -2.32. The molecule has 5 rings (SSSR count). The number of ether oxygens (including phenoxy) is 3. The van der Waals surface area contributed by atoms with Crippen LogP contribution in [0.15, 0.2) is 83.6 Å². The van der Waals surface area contributed by atoms with E-state index < -0.39 is 0 Å². The Hall–Kier alpha value is -3.19. The predicted octanol–water partition coefficient (Wildman–Crippen LogP) is 5.80. The van der Waals surface area contributed by atoms with Crippen molar-refractivity contribution < 1.29 is 19.0 Å². The first kappa shape index (κ1) is 23.5. The molecule has 0 bridgehead atoms. The van der Waals surface area contributed by atoms with Crippen LogP contribution >= 0.6 is 11.3 Å². The first-order valence-corrected chi connectivity index (χ1v) is 12.9. The molecule has 5 nitrogen and oxygen atoms in total. The molecule has 0 aliphatic carbocycles. The molecular weight excluding hydrogens is 458 g/mol. The van der Waals surface area contributed by atoms with Crippen LogP contribution in [-0.2, 0) is 16.1 Å². The SMILES string of the molecule is O=C(OCCOc1ccc(C2CCNCC2OCc2ccc3ccccc3c2)cc1)c1ccsc1. The van der Waals surface area contributed by atoms with Crippen LogP contribution in [0, 0.1) is 0 Å². The number of piperidine rings is 1. The van der Waals surface area contributed by atoms with E-state index in [4.69, 9.17) is 14.2 Å². The fourth-order valence-electron chi connectivity index (χ4n) is 4.49. The van der Waals surface area contributed by atoms with Gasteiger partial charge in [0.1, 0.15) is 19.0 Å². The second kappa shape index (κ2) is 11.5. The Kier molecular flexibility index (Phi) is 7.73. The Morgan fingerprint density at radius 1 is 0.971 bits per heavy atom. The number of esters is 1. The highest BCUT2D eigenvalue weighted by atomic mass is 32.1. The Morgan fingerprint density at radius 3 is 2.66 bits per heavy atom. The molecular formula is C29H29NO4S. The maximum Gasteiger partial charge on any atom is 0.339 e. The van der Waals surface area contributed by atoms with Gasteiger partial charge in [-0.2, -0.15) is 11.3 Å². The van der Waals surface area contributed by atoms with E-state index >= 15 is 0 Å².